The second-order valence-corrected chi connectivity index (χ2v) is 5.75. The lowest BCUT2D eigenvalue weighted by molar-refractivity contribution is 0.476. The Morgan fingerprint density at radius 1 is 0.947 bits per heavy atom. The summed E-state index contributed by atoms with van der Waals surface area (Å²) in [5, 5.41) is 9.39. The molecule has 0 saturated carbocycles. The molecular formula is C12H9F2NO3S. The number of rotatable bonds is 2. The van der Waals surface area contributed by atoms with Gasteiger partial charge in [-0.1, -0.05) is 0 Å². The van der Waals surface area contributed by atoms with Crippen LogP contribution >= 0.6 is 0 Å². The van der Waals surface area contributed by atoms with Gasteiger partial charge < -0.3 is 10.8 Å². The minimum absolute atomic E-state index is 0.0178. The zero-order chi connectivity index (χ0) is 14.2. The molecule has 2 rings (SSSR count). The first kappa shape index (κ1) is 13.3. The number of halogens is 2. The first-order valence-electron chi connectivity index (χ1n) is 5.11. The van der Waals surface area contributed by atoms with E-state index in [1.807, 2.05) is 0 Å². The highest BCUT2D eigenvalue weighted by molar-refractivity contribution is 7.91. The second kappa shape index (κ2) is 4.51. The van der Waals surface area contributed by atoms with Crippen LogP contribution in [-0.2, 0) is 9.84 Å². The Morgan fingerprint density at radius 2 is 1.53 bits per heavy atom. The molecule has 0 heterocycles. The standard InChI is InChI=1S/C12H9F2NO3S/c13-9-3-1-7(5-10(9)14)19(17,18)8-2-4-11(15)12(16)6-8/h1-6,16H,15H2. The maximum absolute atomic E-state index is 13.1. The molecular weight excluding hydrogens is 276 g/mol. The highest BCUT2D eigenvalue weighted by Crippen LogP contribution is 2.28. The van der Waals surface area contributed by atoms with Crippen molar-refractivity contribution in [3.63, 3.8) is 0 Å². The zero-order valence-electron chi connectivity index (χ0n) is 9.47. The third kappa shape index (κ3) is 2.37. The van der Waals surface area contributed by atoms with Crippen molar-refractivity contribution in [2.45, 2.75) is 9.79 Å². The van der Waals surface area contributed by atoms with Gasteiger partial charge in [0.1, 0.15) is 5.75 Å². The Balaban J connectivity index is 2.58. The summed E-state index contributed by atoms with van der Waals surface area (Å²) in [6.45, 7) is 0. The fourth-order valence-electron chi connectivity index (χ4n) is 1.47. The summed E-state index contributed by atoms with van der Waals surface area (Å²) in [7, 11) is -4.04. The minimum atomic E-state index is -4.04. The van der Waals surface area contributed by atoms with Crippen molar-refractivity contribution in [3.05, 3.63) is 48.0 Å². The molecule has 0 aliphatic carbocycles. The van der Waals surface area contributed by atoms with Crippen LogP contribution in [0.4, 0.5) is 14.5 Å². The van der Waals surface area contributed by atoms with Crippen LogP contribution in [0.2, 0.25) is 0 Å². The van der Waals surface area contributed by atoms with Crippen LogP contribution in [-0.4, -0.2) is 13.5 Å². The van der Waals surface area contributed by atoms with E-state index in [4.69, 9.17) is 5.73 Å². The number of hydrogen-bond acceptors (Lipinski definition) is 4. The molecule has 0 atom stereocenters. The molecule has 0 amide bonds. The van der Waals surface area contributed by atoms with Crippen LogP contribution in [0.5, 0.6) is 5.75 Å². The Kier molecular flexibility index (Phi) is 3.15. The fraction of sp³-hybridized carbons (Fsp3) is 0. The molecule has 0 fully saturated rings. The number of hydrogen-bond donors (Lipinski definition) is 2. The lowest BCUT2D eigenvalue weighted by atomic mass is 10.3. The number of nitrogens with two attached hydrogens (primary N) is 1. The van der Waals surface area contributed by atoms with Crippen molar-refractivity contribution >= 4 is 15.5 Å². The van der Waals surface area contributed by atoms with Gasteiger partial charge in [0.05, 0.1) is 15.5 Å². The Morgan fingerprint density at radius 3 is 2.11 bits per heavy atom. The fourth-order valence-corrected chi connectivity index (χ4v) is 2.76. The largest absolute Gasteiger partial charge is 0.506 e. The van der Waals surface area contributed by atoms with Gasteiger partial charge >= 0.3 is 0 Å². The molecule has 2 aromatic carbocycles. The quantitative estimate of drug-likeness (QED) is 0.503. The molecule has 0 aliphatic heterocycles. The molecule has 19 heavy (non-hydrogen) atoms. The van der Waals surface area contributed by atoms with Crippen molar-refractivity contribution < 1.29 is 22.3 Å². The van der Waals surface area contributed by atoms with E-state index in [0.29, 0.717) is 6.07 Å². The first-order chi connectivity index (χ1) is 8.82. The van der Waals surface area contributed by atoms with E-state index >= 15 is 0 Å². The van der Waals surface area contributed by atoms with Crippen LogP contribution in [0.1, 0.15) is 0 Å². The molecule has 0 spiro atoms. The summed E-state index contributed by atoms with van der Waals surface area (Å²) in [6.07, 6.45) is 0. The number of aromatic hydroxyl groups is 1. The van der Waals surface area contributed by atoms with Crippen molar-refractivity contribution in [2.75, 3.05) is 5.73 Å². The van der Waals surface area contributed by atoms with Crippen LogP contribution in [0.25, 0.3) is 0 Å². The normalized spacial score (nSPS) is 11.5. The van der Waals surface area contributed by atoms with Gasteiger partial charge in [-0.3, -0.25) is 0 Å². The van der Waals surface area contributed by atoms with Gasteiger partial charge in [-0.25, -0.2) is 17.2 Å². The predicted octanol–water partition coefficient (Wildman–Crippen LogP) is 2.09. The first-order valence-corrected chi connectivity index (χ1v) is 6.59. The van der Waals surface area contributed by atoms with Gasteiger partial charge in [-0.05, 0) is 30.3 Å². The highest BCUT2D eigenvalue weighted by Gasteiger charge is 2.20. The summed E-state index contributed by atoms with van der Waals surface area (Å²) in [5.74, 6) is -2.80. The number of phenols is 1. The monoisotopic (exact) mass is 285 g/mol. The average molecular weight is 285 g/mol. The second-order valence-electron chi connectivity index (χ2n) is 3.80. The number of phenolic OH excluding ortho intramolecular Hbond substituents is 1. The Bertz CT molecular complexity index is 687. The maximum atomic E-state index is 13.1. The van der Waals surface area contributed by atoms with Gasteiger partial charge in [0.15, 0.2) is 11.6 Å². The van der Waals surface area contributed by atoms with Crippen molar-refractivity contribution in [1.82, 2.24) is 0 Å². The molecule has 0 aliphatic rings. The molecule has 0 saturated heterocycles. The van der Waals surface area contributed by atoms with E-state index in [9.17, 15) is 22.3 Å². The number of benzene rings is 2. The topological polar surface area (TPSA) is 80.4 Å². The van der Waals surface area contributed by atoms with Crippen molar-refractivity contribution in [2.24, 2.45) is 0 Å². The summed E-state index contributed by atoms with van der Waals surface area (Å²) >= 11 is 0. The Hall–Kier alpha value is -2.15. The summed E-state index contributed by atoms with van der Waals surface area (Å²) in [5.41, 5.74) is 5.38. The van der Waals surface area contributed by atoms with E-state index in [1.54, 1.807) is 0 Å². The van der Waals surface area contributed by atoms with Crippen LogP contribution in [0.3, 0.4) is 0 Å². The van der Waals surface area contributed by atoms with E-state index in [-0.39, 0.29) is 10.6 Å². The van der Waals surface area contributed by atoms with Crippen molar-refractivity contribution in [3.8, 4) is 5.75 Å². The molecule has 0 aromatic heterocycles. The average Bonchev–Trinajstić information content (AvgIpc) is 2.35. The highest BCUT2D eigenvalue weighted by atomic mass is 32.2. The summed E-state index contributed by atoms with van der Waals surface area (Å²) < 4.78 is 50.1. The number of anilines is 1. The molecule has 4 nitrogen and oxygen atoms in total. The van der Waals surface area contributed by atoms with Crippen LogP contribution < -0.4 is 5.73 Å². The van der Waals surface area contributed by atoms with E-state index in [1.165, 1.54) is 12.1 Å². The van der Waals surface area contributed by atoms with Gasteiger partial charge in [-0.2, -0.15) is 0 Å². The summed E-state index contributed by atoms with van der Waals surface area (Å²) in [4.78, 5) is -0.666. The molecule has 3 N–H and O–H groups in total. The van der Waals surface area contributed by atoms with E-state index < -0.39 is 32.1 Å². The molecule has 100 valence electrons. The number of nitrogen functional groups attached to an aromatic ring is 1. The maximum Gasteiger partial charge on any atom is 0.206 e. The lowest BCUT2D eigenvalue weighted by Gasteiger charge is -2.06. The molecule has 0 unspecified atom stereocenters. The van der Waals surface area contributed by atoms with Crippen LogP contribution in [0, 0.1) is 11.6 Å². The minimum Gasteiger partial charge on any atom is -0.506 e. The lowest BCUT2D eigenvalue weighted by Crippen LogP contribution is -2.03. The smallest absolute Gasteiger partial charge is 0.206 e. The molecule has 0 radical (unpaired) electrons. The number of sulfone groups is 1. The van der Waals surface area contributed by atoms with E-state index in [2.05, 4.69) is 0 Å². The zero-order valence-corrected chi connectivity index (χ0v) is 10.3. The molecule has 2 aromatic rings. The van der Waals surface area contributed by atoms with Gasteiger partial charge in [-0.15, -0.1) is 0 Å². The Labute approximate surface area is 108 Å². The van der Waals surface area contributed by atoms with Crippen LogP contribution in [0.15, 0.2) is 46.2 Å². The predicted molar refractivity (Wildman–Crippen MR) is 64.3 cm³/mol. The third-order valence-corrected chi connectivity index (χ3v) is 4.26. The third-order valence-electron chi connectivity index (χ3n) is 2.51. The molecule has 7 heteroatoms. The summed E-state index contributed by atoms with van der Waals surface area (Å²) in [6, 6.07) is 5.58. The van der Waals surface area contributed by atoms with Crippen molar-refractivity contribution in [1.29, 1.82) is 0 Å². The van der Waals surface area contributed by atoms with Gasteiger partial charge in [0.25, 0.3) is 0 Å². The van der Waals surface area contributed by atoms with Gasteiger partial charge in [0, 0.05) is 6.07 Å². The van der Waals surface area contributed by atoms with Gasteiger partial charge in [0.2, 0.25) is 9.84 Å². The van der Waals surface area contributed by atoms with E-state index in [0.717, 1.165) is 18.2 Å². The molecule has 0 bridgehead atoms. The SMILES string of the molecule is Nc1ccc(S(=O)(=O)c2ccc(F)c(F)c2)cc1O.